The quantitative estimate of drug-likeness (QED) is 0.561. The van der Waals surface area contributed by atoms with E-state index in [1.54, 1.807) is 0 Å². The summed E-state index contributed by atoms with van der Waals surface area (Å²) in [4.78, 5) is 24.9. The summed E-state index contributed by atoms with van der Waals surface area (Å²) in [5.74, 6) is -0.721. The molecule has 0 radical (unpaired) electrons. The van der Waals surface area contributed by atoms with Crippen LogP contribution in [-0.4, -0.2) is 57.4 Å². The molecule has 6 heteroatoms. The van der Waals surface area contributed by atoms with Crippen molar-refractivity contribution < 1.29 is 19.8 Å². The minimum atomic E-state index is -0.970. The number of amides is 2. The Morgan fingerprint density at radius 2 is 1.29 bits per heavy atom. The second-order valence-electron chi connectivity index (χ2n) is 3.31. The van der Waals surface area contributed by atoms with E-state index in [0.29, 0.717) is 0 Å². The summed E-state index contributed by atoms with van der Waals surface area (Å²) in [6.45, 7) is 2.48. The van der Waals surface area contributed by atoms with Crippen molar-refractivity contribution in [2.24, 2.45) is 0 Å². The molecule has 1 aliphatic heterocycles. The van der Waals surface area contributed by atoms with E-state index in [2.05, 4.69) is 0 Å². The van der Waals surface area contributed by atoms with Gasteiger partial charge in [0, 0.05) is 0 Å². The fraction of sp³-hybridized carbons (Fsp3) is 0.750. The average Bonchev–Trinajstić information content (AvgIpc) is 2.07. The summed E-state index contributed by atoms with van der Waals surface area (Å²) in [7, 11) is 0. The third-order valence-corrected chi connectivity index (χ3v) is 2.15. The molecular formula is C8H14N2O4. The van der Waals surface area contributed by atoms with Crippen LogP contribution in [0, 0.1) is 0 Å². The largest absolute Gasteiger partial charge is 0.374 e. The molecule has 0 aliphatic carbocycles. The van der Waals surface area contributed by atoms with E-state index >= 15 is 0 Å². The fourth-order valence-corrected chi connectivity index (χ4v) is 1.33. The Balaban J connectivity index is 2.72. The van der Waals surface area contributed by atoms with Gasteiger partial charge in [-0.1, -0.05) is 0 Å². The van der Waals surface area contributed by atoms with E-state index in [0.717, 1.165) is 9.80 Å². The molecule has 2 amide bonds. The van der Waals surface area contributed by atoms with Crippen LogP contribution < -0.4 is 0 Å². The van der Waals surface area contributed by atoms with Crippen LogP contribution in [0.3, 0.4) is 0 Å². The Hall–Kier alpha value is -1.14. The van der Waals surface area contributed by atoms with Gasteiger partial charge in [-0.05, 0) is 13.8 Å². The maximum atomic E-state index is 11.4. The number of carbonyl (C=O) groups is 2. The third kappa shape index (κ3) is 2.02. The first-order valence-electron chi connectivity index (χ1n) is 4.38. The molecular weight excluding hydrogens is 188 g/mol. The number of nitrogens with zero attached hydrogens (tertiary/aromatic N) is 2. The topological polar surface area (TPSA) is 81.1 Å². The highest BCUT2D eigenvalue weighted by molar-refractivity contribution is 5.92. The Kier molecular flexibility index (Phi) is 3.07. The Morgan fingerprint density at radius 1 is 1.00 bits per heavy atom. The van der Waals surface area contributed by atoms with E-state index in [9.17, 15) is 9.59 Å². The van der Waals surface area contributed by atoms with E-state index in [1.165, 1.54) is 13.8 Å². The number of hydrogen-bond acceptors (Lipinski definition) is 4. The van der Waals surface area contributed by atoms with E-state index < -0.39 is 12.5 Å². The van der Waals surface area contributed by atoms with Crippen molar-refractivity contribution in [3.05, 3.63) is 0 Å². The molecule has 0 spiro atoms. The molecule has 0 aromatic rings. The lowest BCUT2D eigenvalue weighted by molar-refractivity contribution is -0.165. The molecule has 2 N–H and O–H groups in total. The standard InChI is InChI=1S/C8H14N2O4/c1-5(11)9-3-8(14)10(6(2)12)4-7(9)13/h5-6,11-12H,3-4H2,1-2H3. The predicted octanol–water partition coefficient (Wildman–Crippen LogP) is -1.67. The lowest BCUT2D eigenvalue weighted by Crippen LogP contribution is -2.58. The smallest absolute Gasteiger partial charge is 0.244 e. The minimum Gasteiger partial charge on any atom is -0.374 e. The van der Waals surface area contributed by atoms with Crippen molar-refractivity contribution in [2.45, 2.75) is 26.3 Å². The third-order valence-electron chi connectivity index (χ3n) is 2.15. The maximum absolute atomic E-state index is 11.4. The molecule has 1 saturated heterocycles. The molecule has 0 saturated carbocycles. The molecule has 0 aromatic carbocycles. The van der Waals surface area contributed by atoms with Gasteiger partial charge in [0.1, 0.15) is 25.5 Å². The molecule has 2 unspecified atom stereocenters. The number of piperazine rings is 1. The zero-order valence-corrected chi connectivity index (χ0v) is 8.17. The highest BCUT2D eigenvalue weighted by Crippen LogP contribution is 2.09. The Labute approximate surface area is 81.7 Å². The molecule has 1 aliphatic rings. The van der Waals surface area contributed by atoms with Crippen LogP contribution in [0.2, 0.25) is 0 Å². The van der Waals surface area contributed by atoms with Crippen LogP contribution in [-0.2, 0) is 9.59 Å². The van der Waals surface area contributed by atoms with E-state index in [4.69, 9.17) is 10.2 Å². The van der Waals surface area contributed by atoms with E-state index in [1.807, 2.05) is 0 Å². The van der Waals surface area contributed by atoms with Gasteiger partial charge in [-0.2, -0.15) is 0 Å². The second kappa shape index (κ2) is 3.93. The predicted molar refractivity (Wildman–Crippen MR) is 46.8 cm³/mol. The monoisotopic (exact) mass is 202 g/mol. The van der Waals surface area contributed by atoms with Crippen LogP contribution in [0.5, 0.6) is 0 Å². The summed E-state index contributed by atoms with van der Waals surface area (Å²) in [6, 6.07) is 0. The first kappa shape index (κ1) is 10.9. The van der Waals surface area contributed by atoms with Gasteiger partial charge in [0.25, 0.3) is 0 Å². The average molecular weight is 202 g/mol. The summed E-state index contributed by atoms with van der Waals surface area (Å²) in [5, 5.41) is 18.3. The molecule has 6 nitrogen and oxygen atoms in total. The number of rotatable bonds is 2. The van der Waals surface area contributed by atoms with Gasteiger partial charge in [-0.25, -0.2) is 0 Å². The number of aliphatic hydroxyl groups excluding tert-OH is 2. The lowest BCUT2D eigenvalue weighted by Gasteiger charge is -2.36. The van der Waals surface area contributed by atoms with E-state index in [-0.39, 0.29) is 24.9 Å². The maximum Gasteiger partial charge on any atom is 0.244 e. The lowest BCUT2D eigenvalue weighted by atomic mass is 10.2. The van der Waals surface area contributed by atoms with Crippen LogP contribution in [0.4, 0.5) is 0 Å². The van der Waals surface area contributed by atoms with Crippen LogP contribution >= 0.6 is 0 Å². The van der Waals surface area contributed by atoms with Crippen LogP contribution in [0.1, 0.15) is 13.8 Å². The van der Waals surface area contributed by atoms with Gasteiger partial charge in [0.05, 0.1) is 0 Å². The molecule has 14 heavy (non-hydrogen) atoms. The zero-order valence-electron chi connectivity index (χ0n) is 8.17. The summed E-state index contributed by atoms with van der Waals surface area (Å²) >= 11 is 0. The number of hydrogen-bond donors (Lipinski definition) is 2. The SMILES string of the molecule is CC(O)N1CC(=O)N(C(C)O)CC1=O. The molecule has 0 bridgehead atoms. The first-order chi connectivity index (χ1) is 6.43. The van der Waals surface area contributed by atoms with Crippen molar-refractivity contribution in [1.82, 2.24) is 9.80 Å². The van der Waals surface area contributed by atoms with Gasteiger partial charge < -0.3 is 20.0 Å². The van der Waals surface area contributed by atoms with Gasteiger partial charge >= 0.3 is 0 Å². The molecule has 2 atom stereocenters. The van der Waals surface area contributed by atoms with Gasteiger partial charge in [-0.15, -0.1) is 0 Å². The van der Waals surface area contributed by atoms with Crippen LogP contribution in [0.25, 0.3) is 0 Å². The van der Waals surface area contributed by atoms with Crippen molar-refractivity contribution in [3.63, 3.8) is 0 Å². The van der Waals surface area contributed by atoms with Gasteiger partial charge in [-0.3, -0.25) is 9.59 Å². The van der Waals surface area contributed by atoms with Crippen molar-refractivity contribution in [1.29, 1.82) is 0 Å². The molecule has 0 aromatic heterocycles. The van der Waals surface area contributed by atoms with Gasteiger partial charge in [0.15, 0.2) is 0 Å². The first-order valence-corrected chi connectivity index (χ1v) is 4.38. The van der Waals surface area contributed by atoms with Crippen molar-refractivity contribution in [3.8, 4) is 0 Å². The summed E-state index contributed by atoms with van der Waals surface area (Å²) < 4.78 is 0. The Bertz CT molecular complexity index is 226. The number of aliphatic hydroxyl groups is 2. The summed E-state index contributed by atoms with van der Waals surface area (Å²) in [6.07, 6.45) is -1.94. The molecule has 1 heterocycles. The Morgan fingerprint density at radius 3 is 1.50 bits per heavy atom. The molecule has 80 valence electrons. The zero-order chi connectivity index (χ0) is 10.9. The number of carbonyl (C=O) groups excluding carboxylic acids is 2. The highest BCUT2D eigenvalue weighted by Gasteiger charge is 2.33. The van der Waals surface area contributed by atoms with Gasteiger partial charge in [0.2, 0.25) is 11.8 Å². The minimum absolute atomic E-state index is 0.179. The normalized spacial score (nSPS) is 22.6. The van der Waals surface area contributed by atoms with Crippen molar-refractivity contribution in [2.75, 3.05) is 13.1 Å². The summed E-state index contributed by atoms with van der Waals surface area (Å²) in [5.41, 5.74) is 0. The van der Waals surface area contributed by atoms with Crippen molar-refractivity contribution >= 4 is 11.8 Å². The fourth-order valence-electron chi connectivity index (χ4n) is 1.33. The molecule has 1 rings (SSSR count). The van der Waals surface area contributed by atoms with Crippen LogP contribution in [0.15, 0.2) is 0 Å². The molecule has 1 fully saturated rings. The second-order valence-corrected chi connectivity index (χ2v) is 3.31. The highest BCUT2D eigenvalue weighted by atomic mass is 16.3.